The molecule has 0 radical (unpaired) electrons. The average molecular weight is 226 g/mol. The SMILES string of the molecule is NCc1cccc(F)c1N1CCSCC1. The van der Waals surface area contributed by atoms with Crippen LogP contribution < -0.4 is 10.6 Å². The zero-order chi connectivity index (χ0) is 10.7. The van der Waals surface area contributed by atoms with Gasteiger partial charge in [0.05, 0.1) is 5.69 Å². The van der Waals surface area contributed by atoms with Crippen molar-refractivity contribution < 1.29 is 4.39 Å². The van der Waals surface area contributed by atoms with E-state index in [-0.39, 0.29) is 5.82 Å². The molecule has 1 aliphatic rings. The van der Waals surface area contributed by atoms with E-state index in [9.17, 15) is 4.39 Å². The van der Waals surface area contributed by atoms with Crippen LogP contribution in [0.15, 0.2) is 18.2 Å². The van der Waals surface area contributed by atoms with Crippen molar-refractivity contribution >= 4 is 17.4 Å². The molecule has 1 aromatic rings. The van der Waals surface area contributed by atoms with Crippen molar-refractivity contribution in [2.24, 2.45) is 5.73 Å². The van der Waals surface area contributed by atoms with Crippen LogP contribution in [0.5, 0.6) is 0 Å². The van der Waals surface area contributed by atoms with Crippen molar-refractivity contribution in [1.82, 2.24) is 0 Å². The fourth-order valence-corrected chi connectivity index (χ4v) is 2.77. The van der Waals surface area contributed by atoms with E-state index in [1.165, 1.54) is 6.07 Å². The molecule has 0 saturated carbocycles. The van der Waals surface area contributed by atoms with E-state index in [1.807, 2.05) is 17.8 Å². The maximum Gasteiger partial charge on any atom is 0.146 e. The van der Waals surface area contributed by atoms with E-state index in [0.29, 0.717) is 12.2 Å². The van der Waals surface area contributed by atoms with Crippen LogP contribution >= 0.6 is 11.8 Å². The molecule has 2 N–H and O–H groups in total. The van der Waals surface area contributed by atoms with Crippen molar-refractivity contribution in [1.29, 1.82) is 0 Å². The van der Waals surface area contributed by atoms with Crippen LogP contribution in [0.4, 0.5) is 10.1 Å². The molecule has 0 amide bonds. The summed E-state index contributed by atoms with van der Waals surface area (Å²) in [4.78, 5) is 2.11. The molecule has 0 bridgehead atoms. The number of para-hydroxylation sites is 1. The first-order valence-electron chi connectivity index (χ1n) is 5.13. The second-order valence-electron chi connectivity index (χ2n) is 3.55. The highest BCUT2D eigenvalue weighted by molar-refractivity contribution is 7.99. The summed E-state index contributed by atoms with van der Waals surface area (Å²) >= 11 is 1.92. The summed E-state index contributed by atoms with van der Waals surface area (Å²) in [5.74, 6) is 1.99. The van der Waals surface area contributed by atoms with Gasteiger partial charge in [-0.25, -0.2) is 4.39 Å². The van der Waals surface area contributed by atoms with Gasteiger partial charge in [0.15, 0.2) is 0 Å². The number of benzene rings is 1. The monoisotopic (exact) mass is 226 g/mol. The number of rotatable bonds is 2. The molecule has 0 aliphatic carbocycles. The molecule has 0 atom stereocenters. The standard InChI is InChI=1S/C11H15FN2S/c12-10-3-1-2-9(8-13)11(10)14-4-6-15-7-5-14/h1-3H,4-8,13H2. The van der Waals surface area contributed by atoms with Crippen LogP contribution in [0.3, 0.4) is 0 Å². The Morgan fingerprint density at radius 3 is 2.73 bits per heavy atom. The second-order valence-corrected chi connectivity index (χ2v) is 4.78. The number of nitrogens with zero attached hydrogens (tertiary/aromatic N) is 1. The Morgan fingerprint density at radius 1 is 1.33 bits per heavy atom. The van der Waals surface area contributed by atoms with E-state index < -0.39 is 0 Å². The van der Waals surface area contributed by atoms with Crippen LogP contribution in [-0.2, 0) is 6.54 Å². The van der Waals surface area contributed by atoms with Crippen LogP contribution in [0, 0.1) is 5.82 Å². The summed E-state index contributed by atoms with van der Waals surface area (Å²) in [7, 11) is 0. The molecule has 0 spiro atoms. The van der Waals surface area contributed by atoms with Gasteiger partial charge < -0.3 is 10.6 Å². The third kappa shape index (κ3) is 2.26. The Labute approximate surface area is 93.6 Å². The lowest BCUT2D eigenvalue weighted by Gasteiger charge is -2.30. The molecule has 4 heteroatoms. The van der Waals surface area contributed by atoms with E-state index in [4.69, 9.17) is 5.73 Å². The summed E-state index contributed by atoms with van der Waals surface area (Å²) in [6.45, 7) is 2.23. The van der Waals surface area contributed by atoms with Crippen molar-refractivity contribution in [3.63, 3.8) is 0 Å². The second kappa shape index (κ2) is 4.86. The molecular weight excluding hydrogens is 211 g/mol. The van der Waals surface area contributed by atoms with Crippen molar-refractivity contribution in [2.45, 2.75) is 6.54 Å². The van der Waals surface area contributed by atoms with E-state index in [2.05, 4.69) is 4.90 Å². The number of nitrogens with two attached hydrogens (primary N) is 1. The lowest BCUT2D eigenvalue weighted by Crippen LogP contribution is -2.34. The zero-order valence-electron chi connectivity index (χ0n) is 8.58. The predicted molar refractivity (Wildman–Crippen MR) is 63.8 cm³/mol. The fraction of sp³-hybridized carbons (Fsp3) is 0.455. The molecule has 2 rings (SSSR count). The van der Waals surface area contributed by atoms with Crippen LogP contribution in [0.2, 0.25) is 0 Å². The first kappa shape index (κ1) is 10.8. The highest BCUT2D eigenvalue weighted by Crippen LogP contribution is 2.26. The minimum atomic E-state index is -0.148. The maximum absolute atomic E-state index is 13.7. The number of anilines is 1. The van der Waals surface area contributed by atoms with Gasteiger partial charge in [-0.15, -0.1) is 0 Å². The minimum absolute atomic E-state index is 0.148. The van der Waals surface area contributed by atoms with Crippen LogP contribution in [-0.4, -0.2) is 24.6 Å². The third-order valence-electron chi connectivity index (χ3n) is 2.62. The highest BCUT2D eigenvalue weighted by atomic mass is 32.2. The normalized spacial score (nSPS) is 16.8. The lowest BCUT2D eigenvalue weighted by molar-refractivity contribution is 0.617. The molecule has 1 aliphatic heterocycles. The molecule has 1 saturated heterocycles. The van der Waals surface area contributed by atoms with Gasteiger partial charge in [-0.05, 0) is 11.6 Å². The van der Waals surface area contributed by atoms with Crippen LogP contribution in [0.25, 0.3) is 0 Å². The summed E-state index contributed by atoms with van der Waals surface area (Å²) in [5.41, 5.74) is 7.24. The molecule has 2 nitrogen and oxygen atoms in total. The van der Waals surface area contributed by atoms with Gasteiger partial charge in [0, 0.05) is 31.1 Å². The summed E-state index contributed by atoms with van der Waals surface area (Å²) in [6, 6.07) is 5.14. The third-order valence-corrected chi connectivity index (χ3v) is 3.56. The van der Waals surface area contributed by atoms with Crippen molar-refractivity contribution in [3.05, 3.63) is 29.6 Å². The largest absolute Gasteiger partial charge is 0.367 e. The van der Waals surface area contributed by atoms with Crippen molar-refractivity contribution in [3.8, 4) is 0 Å². The highest BCUT2D eigenvalue weighted by Gasteiger charge is 2.17. The molecule has 0 aromatic heterocycles. The maximum atomic E-state index is 13.7. The first-order chi connectivity index (χ1) is 7.33. The van der Waals surface area contributed by atoms with E-state index in [0.717, 1.165) is 30.2 Å². The molecular formula is C11H15FN2S. The number of thioether (sulfide) groups is 1. The Morgan fingerprint density at radius 2 is 2.07 bits per heavy atom. The zero-order valence-corrected chi connectivity index (χ0v) is 9.39. The first-order valence-corrected chi connectivity index (χ1v) is 6.28. The summed E-state index contributed by atoms with van der Waals surface area (Å²) in [5, 5.41) is 0. The molecule has 1 heterocycles. The van der Waals surface area contributed by atoms with Gasteiger partial charge in [-0.2, -0.15) is 11.8 Å². The molecule has 1 aromatic carbocycles. The molecule has 0 unspecified atom stereocenters. The van der Waals surface area contributed by atoms with Crippen LogP contribution in [0.1, 0.15) is 5.56 Å². The fourth-order valence-electron chi connectivity index (χ4n) is 1.87. The number of hydrogen-bond donors (Lipinski definition) is 1. The minimum Gasteiger partial charge on any atom is -0.367 e. The Balaban J connectivity index is 2.31. The molecule has 15 heavy (non-hydrogen) atoms. The lowest BCUT2D eigenvalue weighted by atomic mass is 10.1. The van der Waals surface area contributed by atoms with Gasteiger partial charge in [0.1, 0.15) is 5.82 Å². The molecule has 82 valence electrons. The number of halogens is 1. The predicted octanol–water partition coefficient (Wildman–Crippen LogP) is 1.84. The Kier molecular flexibility index (Phi) is 3.49. The smallest absolute Gasteiger partial charge is 0.146 e. The van der Waals surface area contributed by atoms with E-state index in [1.54, 1.807) is 6.07 Å². The van der Waals surface area contributed by atoms with Gasteiger partial charge in [-0.1, -0.05) is 12.1 Å². The number of hydrogen-bond acceptors (Lipinski definition) is 3. The Bertz CT molecular complexity index is 337. The summed E-state index contributed by atoms with van der Waals surface area (Å²) < 4.78 is 13.7. The van der Waals surface area contributed by atoms with Gasteiger partial charge in [0.25, 0.3) is 0 Å². The molecule has 1 fully saturated rings. The summed E-state index contributed by atoms with van der Waals surface area (Å²) in [6.07, 6.45) is 0. The van der Waals surface area contributed by atoms with Gasteiger partial charge in [0.2, 0.25) is 0 Å². The average Bonchev–Trinajstić information content (AvgIpc) is 2.29. The Hall–Kier alpha value is -0.740. The quantitative estimate of drug-likeness (QED) is 0.834. The van der Waals surface area contributed by atoms with Gasteiger partial charge in [-0.3, -0.25) is 0 Å². The topological polar surface area (TPSA) is 29.3 Å². The van der Waals surface area contributed by atoms with E-state index >= 15 is 0 Å². The van der Waals surface area contributed by atoms with Gasteiger partial charge >= 0.3 is 0 Å². The van der Waals surface area contributed by atoms with Crippen molar-refractivity contribution in [2.75, 3.05) is 29.5 Å².